The molecular weight excluding hydrogens is 266 g/mol. The maximum absolute atomic E-state index is 10.2. The lowest BCUT2D eigenvalue weighted by molar-refractivity contribution is -0.115. The van der Waals surface area contributed by atoms with E-state index in [4.69, 9.17) is 16.2 Å². The van der Waals surface area contributed by atoms with E-state index in [2.05, 4.69) is 9.98 Å². The summed E-state index contributed by atoms with van der Waals surface area (Å²) in [5.74, 6) is 0.572. The molecule has 0 radical (unpaired) electrons. The molecule has 9 heteroatoms. The molecule has 9 nitrogen and oxygen atoms in total. The standard InChI is InChI=1S/C11H17N5O4/c1-3(13)4-9(14-2-12)16-10(15-4)7(19)8-5(17)6(18)11(16)20-8/h2-3,5-8,11,17-19H,13H2,1H3,(H2,12,14). The molecule has 3 rings (SSSR count). The highest BCUT2D eigenvalue weighted by Crippen LogP contribution is 2.45. The number of ether oxygens (including phenoxy) is 1. The van der Waals surface area contributed by atoms with Gasteiger partial charge in [-0.1, -0.05) is 0 Å². The molecule has 1 fully saturated rings. The topological polar surface area (TPSA) is 152 Å². The second-order valence-electron chi connectivity index (χ2n) is 5.03. The Bertz CT molecular complexity index is 557. The van der Waals surface area contributed by atoms with Gasteiger partial charge in [0.05, 0.1) is 6.34 Å². The summed E-state index contributed by atoms with van der Waals surface area (Å²) in [5, 5.41) is 30.1. The van der Waals surface area contributed by atoms with Crippen LogP contribution in [0.25, 0.3) is 0 Å². The van der Waals surface area contributed by atoms with Crippen LogP contribution in [0.4, 0.5) is 5.82 Å². The third kappa shape index (κ3) is 1.61. The van der Waals surface area contributed by atoms with Crippen LogP contribution in [0.2, 0.25) is 0 Å². The van der Waals surface area contributed by atoms with Crippen LogP contribution >= 0.6 is 0 Å². The molecule has 6 unspecified atom stereocenters. The number of hydrogen-bond acceptors (Lipinski definition) is 7. The first-order chi connectivity index (χ1) is 9.47. The summed E-state index contributed by atoms with van der Waals surface area (Å²) in [6, 6.07) is -0.431. The Morgan fingerprint density at radius 3 is 2.70 bits per heavy atom. The second kappa shape index (κ2) is 4.50. The fourth-order valence-electron chi connectivity index (χ4n) is 2.73. The zero-order chi connectivity index (χ0) is 14.6. The summed E-state index contributed by atoms with van der Waals surface area (Å²) in [5.41, 5.74) is 11.6. The maximum atomic E-state index is 10.2. The summed E-state index contributed by atoms with van der Waals surface area (Å²) in [6.07, 6.45) is -4.25. The summed E-state index contributed by atoms with van der Waals surface area (Å²) in [4.78, 5) is 8.28. The lowest BCUT2D eigenvalue weighted by Crippen LogP contribution is -2.34. The van der Waals surface area contributed by atoms with Crippen LogP contribution in [-0.4, -0.2) is 49.5 Å². The first-order valence-corrected chi connectivity index (χ1v) is 6.29. The molecule has 2 aliphatic heterocycles. The first-order valence-electron chi connectivity index (χ1n) is 6.29. The van der Waals surface area contributed by atoms with Gasteiger partial charge in [-0.3, -0.25) is 4.57 Å². The van der Waals surface area contributed by atoms with Gasteiger partial charge in [-0.2, -0.15) is 0 Å². The molecule has 3 heterocycles. The molecule has 110 valence electrons. The summed E-state index contributed by atoms with van der Waals surface area (Å²) in [6.45, 7) is 1.72. The maximum Gasteiger partial charge on any atom is 0.166 e. The lowest BCUT2D eigenvalue weighted by atomic mass is 10.1. The molecule has 20 heavy (non-hydrogen) atoms. The van der Waals surface area contributed by atoms with Gasteiger partial charge < -0.3 is 31.5 Å². The Morgan fingerprint density at radius 1 is 1.40 bits per heavy atom. The monoisotopic (exact) mass is 283 g/mol. The van der Waals surface area contributed by atoms with Crippen molar-refractivity contribution in [2.75, 3.05) is 0 Å². The summed E-state index contributed by atoms with van der Waals surface area (Å²) < 4.78 is 6.89. The minimum Gasteiger partial charge on any atom is -0.390 e. The van der Waals surface area contributed by atoms with Crippen LogP contribution in [0.3, 0.4) is 0 Å². The molecular formula is C11H17N5O4. The van der Waals surface area contributed by atoms with Gasteiger partial charge in [0.15, 0.2) is 12.0 Å². The van der Waals surface area contributed by atoms with Crippen LogP contribution in [0.1, 0.15) is 36.8 Å². The van der Waals surface area contributed by atoms with Crippen molar-refractivity contribution in [2.45, 2.75) is 43.6 Å². The normalized spacial score (nSPS) is 37.4. The number of aliphatic imine (C=N–C) groups is 1. The number of nitrogens with zero attached hydrogens (tertiary/aromatic N) is 3. The average molecular weight is 283 g/mol. The molecule has 1 aromatic rings. The molecule has 0 aliphatic carbocycles. The van der Waals surface area contributed by atoms with Crippen LogP contribution < -0.4 is 11.5 Å². The van der Waals surface area contributed by atoms with Crippen LogP contribution in [-0.2, 0) is 4.74 Å². The van der Waals surface area contributed by atoms with Gasteiger partial charge in [0, 0.05) is 6.04 Å². The van der Waals surface area contributed by atoms with Crippen molar-refractivity contribution in [3.8, 4) is 0 Å². The SMILES string of the molecule is CC(N)c1nc2n(c1N=CN)C1OC(C2O)C(O)C1O. The highest BCUT2D eigenvalue weighted by molar-refractivity contribution is 5.59. The Hall–Kier alpha value is -1.52. The van der Waals surface area contributed by atoms with E-state index < -0.39 is 36.7 Å². The predicted octanol–water partition coefficient (Wildman–Crippen LogP) is -1.81. The highest BCUT2D eigenvalue weighted by Gasteiger charge is 2.54. The van der Waals surface area contributed by atoms with E-state index in [0.29, 0.717) is 11.5 Å². The minimum absolute atomic E-state index is 0.259. The van der Waals surface area contributed by atoms with Gasteiger partial charge in [0.2, 0.25) is 0 Å². The predicted molar refractivity (Wildman–Crippen MR) is 68.1 cm³/mol. The van der Waals surface area contributed by atoms with Gasteiger partial charge in [-0.25, -0.2) is 9.98 Å². The Kier molecular flexibility index (Phi) is 3.03. The average Bonchev–Trinajstić information content (AvgIpc) is 2.89. The summed E-state index contributed by atoms with van der Waals surface area (Å²) in [7, 11) is 0. The Labute approximate surface area is 114 Å². The molecule has 6 atom stereocenters. The van der Waals surface area contributed by atoms with E-state index in [0.717, 1.165) is 6.34 Å². The zero-order valence-electron chi connectivity index (χ0n) is 10.8. The van der Waals surface area contributed by atoms with Crippen molar-refractivity contribution in [3.05, 3.63) is 11.5 Å². The molecule has 0 aromatic carbocycles. The molecule has 0 amide bonds. The fourth-order valence-corrected chi connectivity index (χ4v) is 2.73. The Morgan fingerprint density at radius 2 is 2.10 bits per heavy atom. The fraction of sp³-hybridized carbons (Fsp3) is 0.636. The van der Waals surface area contributed by atoms with Crippen LogP contribution in [0.5, 0.6) is 0 Å². The van der Waals surface area contributed by atoms with Crippen molar-refractivity contribution in [1.82, 2.24) is 9.55 Å². The first kappa shape index (κ1) is 13.5. The zero-order valence-corrected chi connectivity index (χ0v) is 10.8. The second-order valence-corrected chi connectivity index (χ2v) is 5.03. The number of rotatable bonds is 2. The van der Waals surface area contributed by atoms with Gasteiger partial charge >= 0.3 is 0 Å². The largest absolute Gasteiger partial charge is 0.390 e. The molecule has 7 N–H and O–H groups in total. The van der Waals surface area contributed by atoms with Crippen molar-refractivity contribution in [3.63, 3.8) is 0 Å². The van der Waals surface area contributed by atoms with Crippen molar-refractivity contribution in [1.29, 1.82) is 0 Å². The van der Waals surface area contributed by atoms with Gasteiger partial charge in [0.1, 0.15) is 35.9 Å². The molecule has 0 saturated carbocycles. The summed E-state index contributed by atoms with van der Waals surface area (Å²) >= 11 is 0. The number of aliphatic hydroxyl groups excluding tert-OH is 3. The molecule has 2 aliphatic rings. The highest BCUT2D eigenvalue weighted by atomic mass is 16.6. The van der Waals surface area contributed by atoms with E-state index >= 15 is 0 Å². The van der Waals surface area contributed by atoms with Gasteiger partial charge in [-0.15, -0.1) is 0 Å². The quantitative estimate of drug-likeness (QED) is 0.316. The van der Waals surface area contributed by atoms with E-state index in [1.165, 1.54) is 4.57 Å². The van der Waals surface area contributed by atoms with Crippen molar-refractivity contribution in [2.24, 2.45) is 16.5 Å². The van der Waals surface area contributed by atoms with E-state index in [-0.39, 0.29) is 5.82 Å². The van der Waals surface area contributed by atoms with Crippen molar-refractivity contribution >= 4 is 12.2 Å². The smallest absolute Gasteiger partial charge is 0.166 e. The minimum atomic E-state index is -1.19. The van der Waals surface area contributed by atoms with Gasteiger partial charge in [-0.05, 0) is 6.92 Å². The third-order valence-electron chi connectivity index (χ3n) is 3.67. The van der Waals surface area contributed by atoms with E-state index in [9.17, 15) is 15.3 Å². The number of fused-ring (bicyclic) bond motifs is 4. The number of imidazole rings is 1. The molecule has 0 spiro atoms. The van der Waals surface area contributed by atoms with E-state index in [1.54, 1.807) is 6.92 Å². The third-order valence-corrected chi connectivity index (χ3v) is 3.67. The van der Waals surface area contributed by atoms with Crippen molar-refractivity contribution < 1.29 is 20.1 Å². The molecule has 1 saturated heterocycles. The lowest BCUT2D eigenvalue weighted by Gasteiger charge is -2.27. The van der Waals surface area contributed by atoms with Crippen LogP contribution in [0, 0.1) is 0 Å². The van der Waals surface area contributed by atoms with Gasteiger partial charge in [0.25, 0.3) is 0 Å². The number of aliphatic hydroxyl groups is 3. The number of hydrogen-bond donors (Lipinski definition) is 5. The molecule has 1 aromatic heterocycles. The number of aromatic nitrogens is 2. The number of nitrogens with two attached hydrogens (primary N) is 2. The van der Waals surface area contributed by atoms with E-state index in [1.807, 2.05) is 0 Å². The van der Waals surface area contributed by atoms with Crippen LogP contribution in [0.15, 0.2) is 4.99 Å². The molecule has 2 bridgehead atoms. The Balaban J connectivity index is 2.20.